The second-order valence-electron chi connectivity index (χ2n) is 4.58. The van der Waals surface area contributed by atoms with Crippen molar-refractivity contribution >= 4 is 27.1 Å². The molecule has 6 heteroatoms. The molecule has 0 aliphatic carbocycles. The second kappa shape index (κ2) is 5.15. The Balaban J connectivity index is 2.57. The van der Waals surface area contributed by atoms with E-state index in [1.165, 1.54) is 6.07 Å². The fraction of sp³-hybridized carbons (Fsp3) is 0.143. The molecular weight excluding hydrogens is 274 g/mol. The van der Waals surface area contributed by atoms with Crippen molar-refractivity contribution in [3.05, 3.63) is 48.0 Å². The average Bonchev–Trinajstić information content (AvgIpc) is 2.37. The minimum Gasteiger partial charge on any atom is -0.396 e. The Kier molecular flexibility index (Phi) is 3.69. The highest BCUT2D eigenvalue weighted by Gasteiger charge is 2.17. The number of sulfonamides is 1. The Morgan fingerprint density at radius 1 is 1.00 bits per heavy atom. The molecule has 0 aliphatic heterocycles. The third-order valence-corrected chi connectivity index (χ3v) is 4.16. The number of para-hydroxylation sites is 2. The van der Waals surface area contributed by atoms with Crippen molar-refractivity contribution in [2.45, 2.75) is 11.8 Å². The molecule has 0 saturated carbocycles. The van der Waals surface area contributed by atoms with Crippen LogP contribution in [0.5, 0.6) is 0 Å². The van der Waals surface area contributed by atoms with E-state index in [1.807, 2.05) is 43.1 Å². The highest BCUT2D eigenvalue weighted by atomic mass is 32.2. The lowest BCUT2D eigenvalue weighted by molar-refractivity contribution is 0.598. The molecule has 0 amide bonds. The van der Waals surface area contributed by atoms with Crippen LogP contribution >= 0.6 is 0 Å². The van der Waals surface area contributed by atoms with Gasteiger partial charge in [0.15, 0.2) is 0 Å². The zero-order valence-corrected chi connectivity index (χ0v) is 12.2. The first-order valence-electron chi connectivity index (χ1n) is 6.03. The summed E-state index contributed by atoms with van der Waals surface area (Å²) < 4.78 is 23.0. The van der Waals surface area contributed by atoms with E-state index in [1.54, 1.807) is 12.1 Å². The van der Waals surface area contributed by atoms with E-state index < -0.39 is 10.0 Å². The summed E-state index contributed by atoms with van der Waals surface area (Å²) in [6.07, 6.45) is 0. The summed E-state index contributed by atoms with van der Waals surface area (Å²) in [5.74, 6) is 0. The summed E-state index contributed by atoms with van der Waals surface area (Å²) in [7, 11) is -2.00. The monoisotopic (exact) mass is 291 g/mol. The van der Waals surface area contributed by atoms with E-state index in [9.17, 15) is 8.42 Å². The minimum absolute atomic E-state index is 0.0598. The van der Waals surface area contributed by atoms with Gasteiger partial charge < -0.3 is 10.6 Å². The smallest absolute Gasteiger partial charge is 0.240 e. The van der Waals surface area contributed by atoms with Crippen LogP contribution in [0.15, 0.2) is 47.4 Å². The zero-order valence-electron chi connectivity index (χ0n) is 11.4. The quantitative estimate of drug-likeness (QED) is 0.846. The number of hydrogen-bond acceptors (Lipinski definition) is 4. The van der Waals surface area contributed by atoms with Gasteiger partial charge in [-0.1, -0.05) is 24.3 Å². The minimum atomic E-state index is -3.83. The summed E-state index contributed by atoms with van der Waals surface area (Å²) in [6, 6.07) is 12.6. The lowest BCUT2D eigenvalue weighted by atomic mass is 10.1. The molecule has 106 valence electrons. The van der Waals surface area contributed by atoms with Gasteiger partial charge in [0.05, 0.1) is 11.4 Å². The Hall–Kier alpha value is -2.05. The number of rotatable bonds is 3. The van der Waals surface area contributed by atoms with Crippen LogP contribution in [0.2, 0.25) is 0 Å². The van der Waals surface area contributed by atoms with Crippen LogP contribution in [0.3, 0.4) is 0 Å². The van der Waals surface area contributed by atoms with E-state index >= 15 is 0 Å². The summed E-state index contributed by atoms with van der Waals surface area (Å²) >= 11 is 0. The Labute approximate surface area is 118 Å². The molecule has 2 rings (SSSR count). The molecule has 2 aromatic carbocycles. The van der Waals surface area contributed by atoms with E-state index in [-0.39, 0.29) is 10.6 Å². The number of anilines is 3. The van der Waals surface area contributed by atoms with Gasteiger partial charge in [-0.25, -0.2) is 13.6 Å². The van der Waals surface area contributed by atoms with Crippen molar-refractivity contribution in [3.8, 4) is 0 Å². The van der Waals surface area contributed by atoms with Crippen LogP contribution < -0.4 is 15.8 Å². The lowest BCUT2D eigenvalue weighted by Crippen LogP contribution is -2.18. The van der Waals surface area contributed by atoms with Crippen molar-refractivity contribution in [1.29, 1.82) is 0 Å². The molecule has 0 unspecified atom stereocenters. The van der Waals surface area contributed by atoms with Gasteiger partial charge in [0, 0.05) is 12.7 Å². The maximum Gasteiger partial charge on any atom is 0.240 e. The largest absolute Gasteiger partial charge is 0.396 e. The molecular formula is C14H17N3O2S. The first kappa shape index (κ1) is 14.4. The molecule has 0 spiro atoms. The van der Waals surface area contributed by atoms with Crippen molar-refractivity contribution in [2.75, 3.05) is 17.7 Å². The maximum atomic E-state index is 11.5. The molecule has 0 aliphatic rings. The molecule has 4 N–H and O–H groups in total. The molecule has 0 fully saturated rings. The lowest BCUT2D eigenvalue weighted by Gasteiger charge is -2.23. The van der Waals surface area contributed by atoms with Gasteiger partial charge in [0.25, 0.3) is 0 Å². The predicted octanol–water partition coefficient (Wildman–Crippen LogP) is 1.99. The van der Waals surface area contributed by atoms with Gasteiger partial charge in [0.1, 0.15) is 4.90 Å². The third kappa shape index (κ3) is 2.61. The van der Waals surface area contributed by atoms with Gasteiger partial charge >= 0.3 is 0 Å². The van der Waals surface area contributed by atoms with Gasteiger partial charge in [-0.3, -0.25) is 0 Å². The van der Waals surface area contributed by atoms with Crippen molar-refractivity contribution in [1.82, 2.24) is 0 Å². The first-order valence-corrected chi connectivity index (χ1v) is 7.57. The number of nitrogens with two attached hydrogens (primary N) is 2. The van der Waals surface area contributed by atoms with Crippen LogP contribution in [0.4, 0.5) is 17.1 Å². The second-order valence-corrected chi connectivity index (χ2v) is 6.11. The van der Waals surface area contributed by atoms with Crippen molar-refractivity contribution in [2.24, 2.45) is 5.14 Å². The molecule has 0 atom stereocenters. The Morgan fingerprint density at radius 3 is 2.20 bits per heavy atom. The normalized spacial score (nSPS) is 11.3. The van der Waals surface area contributed by atoms with Crippen molar-refractivity contribution < 1.29 is 8.42 Å². The van der Waals surface area contributed by atoms with Crippen LogP contribution in [0, 0.1) is 6.92 Å². The SMILES string of the molecule is Cc1ccccc1N(C)c1cccc(S(N)(=O)=O)c1N. The summed E-state index contributed by atoms with van der Waals surface area (Å²) in [5, 5.41) is 5.17. The third-order valence-electron chi connectivity index (χ3n) is 3.19. The first-order chi connectivity index (χ1) is 9.32. The van der Waals surface area contributed by atoms with E-state index in [4.69, 9.17) is 10.9 Å². The number of primary sulfonamides is 1. The van der Waals surface area contributed by atoms with Crippen LogP contribution in [0.25, 0.3) is 0 Å². The topological polar surface area (TPSA) is 89.4 Å². The Bertz CT molecular complexity index is 742. The summed E-state index contributed by atoms with van der Waals surface area (Å²) in [4.78, 5) is 1.79. The average molecular weight is 291 g/mol. The van der Waals surface area contributed by atoms with E-state index in [0.717, 1.165) is 11.3 Å². The van der Waals surface area contributed by atoms with Gasteiger partial charge in [-0.2, -0.15) is 0 Å². The van der Waals surface area contributed by atoms with E-state index in [2.05, 4.69) is 0 Å². The standard InChI is InChI=1S/C14H17N3O2S/c1-10-6-3-4-7-11(10)17(2)12-8-5-9-13(14(12)15)20(16,18)19/h3-9H,15H2,1-2H3,(H2,16,18,19). The molecule has 0 aromatic heterocycles. The molecule has 0 saturated heterocycles. The number of nitrogens with zero attached hydrogens (tertiary/aromatic N) is 1. The molecule has 20 heavy (non-hydrogen) atoms. The molecule has 5 nitrogen and oxygen atoms in total. The summed E-state index contributed by atoms with van der Waals surface area (Å²) in [5.41, 5.74) is 8.73. The van der Waals surface area contributed by atoms with Crippen LogP contribution in [-0.2, 0) is 10.0 Å². The predicted molar refractivity (Wildman–Crippen MR) is 81.5 cm³/mol. The van der Waals surface area contributed by atoms with Crippen molar-refractivity contribution in [3.63, 3.8) is 0 Å². The number of aryl methyl sites for hydroxylation is 1. The fourth-order valence-corrected chi connectivity index (χ4v) is 2.82. The fourth-order valence-electron chi connectivity index (χ4n) is 2.14. The highest BCUT2D eigenvalue weighted by molar-refractivity contribution is 7.89. The molecule has 2 aromatic rings. The number of benzene rings is 2. The maximum absolute atomic E-state index is 11.5. The zero-order chi connectivity index (χ0) is 14.9. The Morgan fingerprint density at radius 2 is 1.60 bits per heavy atom. The van der Waals surface area contributed by atoms with Crippen LogP contribution in [-0.4, -0.2) is 15.5 Å². The van der Waals surface area contributed by atoms with E-state index in [0.29, 0.717) is 5.69 Å². The summed E-state index contributed by atoms with van der Waals surface area (Å²) in [6.45, 7) is 1.98. The molecule has 0 radical (unpaired) electrons. The van der Waals surface area contributed by atoms with Gasteiger partial charge in [-0.05, 0) is 30.7 Å². The highest BCUT2D eigenvalue weighted by Crippen LogP contribution is 2.34. The van der Waals surface area contributed by atoms with Gasteiger partial charge in [0.2, 0.25) is 10.0 Å². The molecule has 0 heterocycles. The van der Waals surface area contributed by atoms with Gasteiger partial charge in [-0.15, -0.1) is 0 Å². The van der Waals surface area contributed by atoms with Crippen LogP contribution in [0.1, 0.15) is 5.56 Å². The number of hydrogen-bond donors (Lipinski definition) is 2. The number of nitrogen functional groups attached to an aromatic ring is 1. The molecule has 0 bridgehead atoms.